The fourth-order valence-electron chi connectivity index (χ4n) is 4.30. The molecule has 0 radical (unpaired) electrons. The Morgan fingerprint density at radius 1 is 1.30 bits per heavy atom. The molecular formula is C26H30N6O3S2. The van der Waals surface area contributed by atoms with Crippen molar-refractivity contribution < 1.29 is 13.7 Å². The van der Waals surface area contributed by atoms with Crippen LogP contribution in [0.15, 0.2) is 36.4 Å². The van der Waals surface area contributed by atoms with Crippen LogP contribution in [-0.4, -0.2) is 51.2 Å². The molecule has 0 saturated carbocycles. The van der Waals surface area contributed by atoms with Gasteiger partial charge in [0.25, 0.3) is 0 Å². The smallest absolute Gasteiger partial charge is 0.236 e. The van der Waals surface area contributed by atoms with Crippen LogP contribution in [-0.2, 0) is 21.1 Å². The Bertz CT molecular complexity index is 1460. The van der Waals surface area contributed by atoms with E-state index in [2.05, 4.69) is 21.0 Å². The number of carbonyl (C=O) groups is 1. The summed E-state index contributed by atoms with van der Waals surface area (Å²) in [6.07, 6.45) is 2.37. The number of aromatic nitrogens is 2. The van der Waals surface area contributed by atoms with E-state index in [4.69, 9.17) is 9.52 Å². The lowest BCUT2D eigenvalue weighted by atomic mass is 9.85. The van der Waals surface area contributed by atoms with Gasteiger partial charge in [0.2, 0.25) is 5.91 Å². The first-order chi connectivity index (χ1) is 17.6. The van der Waals surface area contributed by atoms with Crippen molar-refractivity contribution in [3.05, 3.63) is 53.1 Å². The van der Waals surface area contributed by atoms with E-state index < -0.39 is 9.92 Å². The molecule has 1 unspecified atom stereocenters. The van der Waals surface area contributed by atoms with E-state index in [0.717, 1.165) is 46.5 Å². The Balaban J connectivity index is 1.62. The highest BCUT2D eigenvalue weighted by Crippen LogP contribution is 2.39. The first-order valence-corrected chi connectivity index (χ1v) is 14.5. The van der Waals surface area contributed by atoms with Gasteiger partial charge in [0.15, 0.2) is 0 Å². The zero-order valence-corrected chi connectivity index (χ0v) is 22.9. The van der Waals surface area contributed by atoms with Gasteiger partial charge >= 0.3 is 0 Å². The molecule has 1 aliphatic rings. The second-order valence-corrected chi connectivity index (χ2v) is 12.3. The number of hydrogen-bond acceptors (Lipinski definition) is 8. The Morgan fingerprint density at radius 3 is 2.76 bits per heavy atom. The van der Waals surface area contributed by atoms with Crippen LogP contribution in [0.2, 0.25) is 0 Å². The molecule has 194 valence electrons. The predicted molar refractivity (Wildman–Crippen MR) is 144 cm³/mol. The number of ether oxygens (including phenoxy) is 1. The average molecular weight is 539 g/mol. The molecule has 0 bridgehead atoms. The minimum absolute atomic E-state index is 0.0365. The molecule has 2 aromatic carbocycles. The summed E-state index contributed by atoms with van der Waals surface area (Å²) in [6.45, 7) is 3.83. The Hall–Kier alpha value is -3.33. The van der Waals surface area contributed by atoms with E-state index >= 15 is 0 Å². The molecule has 1 heterocycles. The first-order valence-electron chi connectivity index (χ1n) is 12.0. The third-order valence-electron chi connectivity index (χ3n) is 6.03. The molecule has 0 fully saturated rings. The summed E-state index contributed by atoms with van der Waals surface area (Å²) in [4.78, 5) is 13.4. The molecular weight excluding hydrogens is 508 g/mol. The van der Waals surface area contributed by atoms with Crippen molar-refractivity contribution in [2.45, 2.75) is 45.3 Å². The number of benzene rings is 2. The highest BCUT2D eigenvalue weighted by Gasteiger charge is 2.27. The molecule has 11 heteroatoms. The van der Waals surface area contributed by atoms with E-state index in [0.29, 0.717) is 16.3 Å². The number of amides is 1. The third-order valence-corrected chi connectivity index (χ3v) is 8.35. The van der Waals surface area contributed by atoms with E-state index in [-0.39, 0.29) is 23.8 Å². The summed E-state index contributed by atoms with van der Waals surface area (Å²) in [7, 11) is -0.121. The van der Waals surface area contributed by atoms with Crippen LogP contribution in [0.5, 0.6) is 5.75 Å². The highest BCUT2D eigenvalue weighted by atomic mass is 32.2. The summed E-state index contributed by atoms with van der Waals surface area (Å²) >= 11 is 1.44. The second kappa shape index (κ2) is 11.0. The maximum atomic E-state index is 12.9. The van der Waals surface area contributed by atoms with Gasteiger partial charge in [-0.3, -0.25) is 4.79 Å². The van der Waals surface area contributed by atoms with E-state index in [9.17, 15) is 14.3 Å². The Kier molecular flexibility index (Phi) is 7.92. The maximum Gasteiger partial charge on any atom is 0.236 e. The molecule has 0 saturated heterocycles. The number of nitrogens with one attached hydrogen (secondary N) is 2. The average Bonchev–Trinajstić information content (AvgIpc) is 3.33. The van der Waals surface area contributed by atoms with E-state index in [1.807, 2.05) is 38.1 Å². The van der Waals surface area contributed by atoms with Gasteiger partial charge in [-0.1, -0.05) is 29.5 Å². The number of carbonyl (C=O) groups excluding carboxylic acids is 1. The van der Waals surface area contributed by atoms with Crippen LogP contribution in [0.1, 0.15) is 49.4 Å². The highest BCUT2D eigenvalue weighted by molar-refractivity contribution is 7.91. The fourth-order valence-corrected chi connectivity index (χ4v) is 6.59. The maximum absolute atomic E-state index is 12.9. The summed E-state index contributed by atoms with van der Waals surface area (Å²) in [5.41, 5.74) is 4.25. The summed E-state index contributed by atoms with van der Waals surface area (Å²) in [5.74, 6) is -0.168. The zero-order chi connectivity index (χ0) is 26.7. The van der Waals surface area contributed by atoms with Crippen LogP contribution < -0.4 is 9.46 Å². The normalized spacial score (nSPS) is 16.5. The van der Waals surface area contributed by atoms with Crippen LogP contribution in [0.4, 0.5) is 0 Å². The standard InChI is InChI=1S/C26H30N6O3S2/c1-16(2)35-23-12-11-17(13-18(23)14-27)25-29-30-26(36-25)21-9-5-8-20-19(21)7-6-10-22(20)31-37(28,34)15-24(33)32(3)4/h5,8-9,11-13,16,22H,6-7,10,15H2,1-4H3,(H2,28,31,34)/t22-,37?/m1/s1. The lowest BCUT2D eigenvalue weighted by Crippen LogP contribution is -2.37. The first kappa shape index (κ1) is 26.7. The number of nitrogens with zero attached hydrogens (tertiary/aromatic N) is 4. The van der Waals surface area contributed by atoms with Gasteiger partial charge in [-0.15, -0.1) is 10.2 Å². The van der Waals surface area contributed by atoms with Crippen LogP contribution >= 0.6 is 11.3 Å². The lowest BCUT2D eigenvalue weighted by Gasteiger charge is -2.28. The lowest BCUT2D eigenvalue weighted by molar-refractivity contribution is -0.125. The van der Waals surface area contributed by atoms with Gasteiger partial charge in [0.05, 0.1) is 11.7 Å². The van der Waals surface area contributed by atoms with Crippen LogP contribution in [0.25, 0.3) is 21.1 Å². The van der Waals surface area contributed by atoms with Crippen LogP contribution in [0, 0.1) is 16.1 Å². The summed E-state index contributed by atoms with van der Waals surface area (Å²) in [6, 6.07) is 13.2. The molecule has 2 N–H and O–H groups in total. The van der Waals surface area contributed by atoms with Crippen molar-refractivity contribution in [2.24, 2.45) is 0 Å². The molecule has 1 aromatic heterocycles. The summed E-state index contributed by atoms with van der Waals surface area (Å²) in [5, 5.41) is 19.9. The fraction of sp³-hybridized carbons (Fsp3) is 0.385. The van der Waals surface area contributed by atoms with E-state index in [1.54, 1.807) is 26.2 Å². The molecule has 0 spiro atoms. The Labute approximate surface area is 221 Å². The summed E-state index contributed by atoms with van der Waals surface area (Å²) < 4.78 is 29.8. The van der Waals surface area contributed by atoms with Crippen molar-refractivity contribution in [2.75, 3.05) is 19.8 Å². The quantitative estimate of drug-likeness (QED) is 0.432. The topological polar surface area (TPSA) is 132 Å². The molecule has 1 amide bonds. The van der Waals surface area contributed by atoms with Gasteiger partial charge in [0, 0.05) is 31.3 Å². The molecule has 1 aliphatic carbocycles. The van der Waals surface area contributed by atoms with Crippen molar-refractivity contribution in [1.82, 2.24) is 19.8 Å². The number of fused-ring (bicyclic) bond motifs is 1. The zero-order valence-electron chi connectivity index (χ0n) is 21.3. The molecule has 3 aromatic rings. The second-order valence-electron chi connectivity index (χ2n) is 9.45. The third kappa shape index (κ3) is 6.15. The number of nitriles is 1. The molecule has 4 rings (SSSR count). The number of rotatable bonds is 8. The number of hydrogen-bond donors (Lipinski definition) is 2. The molecule has 2 atom stereocenters. The monoisotopic (exact) mass is 538 g/mol. The van der Waals surface area contributed by atoms with Crippen molar-refractivity contribution in [1.29, 1.82) is 10.0 Å². The van der Waals surface area contributed by atoms with Gasteiger partial charge in [-0.25, -0.2) is 13.7 Å². The Morgan fingerprint density at radius 2 is 2.05 bits per heavy atom. The largest absolute Gasteiger partial charge is 0.490 e. The van der Waals surface area contributed by atoms with Crippen molar-refractivity contribution in [3.63, 3.8) is 0 Å². The van der Waals surface area contributed by atoms with Crippen molar-refractivity contribution >= 4 is 27.2 Å². The van der Waals surface area contributed by atoms with E-state index in [1.165, 1.54) is 16.2 Å². The van der Waals surface area contributed by atoms with Gasteiger partial charge < -0.3 is 9.64 Å². The van der Waals surface area contributed by atoms with Gasteiger partial charge in [-0.2, -0.15) is 5.26 Å². The predicted octanol–water partition coefficient (Wildman–Crippen LogP) is 4.55. The minimum atomic E-state index is -3.30. The van der Waals surface area contributed by atoms with Crippen molar-refractivity contribution in [3.8, 4) is 33.0 Å². The molecule has 37 heavy (non-hydrogen) atoms. The van der Waals surface area contributed by atoms with Gasteiger partial charge in [0.1, 0.15) is 37.5 Å². The minimum Gasteiger partial charge on any atom is -0.490 e. The molecule has 9 nitrogen and oxygen atoms in total. The van der Waals surface area contributed by atoms with Gasteiger partial charge in [-0.05, 0) is 62.4 Å². The van der Waals surface area contributed by atoms with Crippen LogP contribution in [0.3, 0.4) is 0 Å². The SMILES string of the molecule is CC(C)Oc1ccc(-c2nnc(-c3cccc4c3CCC[C@H]4NS(=N)(=O)CC(=O)N(C)C)s2)cc1C#N. The molecule has 0 aliphatic heterocycles.